The number of halogens is 2. The Hall–Kier alpha value is -1.40. The van der Waals surface area contributed by atoms with Crippen molar-refractivity contribution < 1.29 is 4.39 Å². The summed E-state index contributed by atoms with van der Waals surface area (Å²) in [7, 11) is 0. The molecule has 0 aliphatic carbocycles. The first-order valence-corrected chi connectivity index (χ1v) is 8.19. The molecule has 0 fully saturated rings. The van der Waals surface area contributed by atoms with Crippen molar-refractivity contribution in [3.63, 3.8) is 0 Å². The third-order valence-corrected chi connectivity index (χ3v) is 5.27. The van der Waals surface area contributed by atoms with Gasteiger partial charge in [-0.05, 0) is 54.4 Å². The molecule has 3 aromatic rings. The van der Waals surface area contributed by atoms with Crippen LogP contribution in [-0.2, 0) is 0 Å². The highest BCUT2D eigenvalue weighted by atomic mass is 79.9. The maximum atomic E-state index is 13.9. The Morgan fingerprint density at radius 1 is 1.33 bits per heavy atom. The maximum absolute atomic E-state index is 13.9. The average molecular weight is 368 g/mol. The molecule has 0 saturated carbocycles. The lowest BCUT2D eigenvalue weighted by Crippen LogP contribution is -2.10. The van der Waals surface area contributed by atoms with Gasteiger partial charge >= 0.3 is 0 Å². The number of thiophene rings is 1. The molecule has 0 bridgehead atoms. The molecule has 1 atom stereocenters. The highest BCUT2D eigenvalue weighted by Crippen LogP contribution is 2.34. The molecule has 0 spiro atoms. The minimum Gasteiger partial charge on any atom is -0.369 e. The normalized spacial score (nSPS) is 13.0. The van der Waals surface area contributed by atoms with Crippen LogP contribution in [0.3, 0.4) is 0 Å². The van der Waals surface area contributed by atoms with Crippen LogP contribution in [0, 0.1) is 19.7 Å². The highest BCUT2D eigenvalue weighted by Gasteiger charge is 2.19. The number of anilines is 1. The molecule has 3 rings (SSSR count). The van der Waals surface area contributed by atoms with Crippen LogP contribution in [-0.4, -0.2) is 9.55 Å². The summed E-state index contributed by atoms with van der Waals surface area (Å²) in [6.45, 7) is 6.24. The zero-order valence-corrected chi connectivity index (χ0v) is 14.3. The van der Waals surface area contributed by atoms with Crippen molar-refractivity contribution in [1.29, 1.82) is 0 Å². The number of fused-ring (bicyclic) bond motifs is 1. The number of hydrogen-bond donors (Lipinski definition) is 1. The van der Waals surface area contributed by atoms with Gasteiger partial charge in [0.1, 0.15) is 5.82 Å². The van der Waals surface area contributed by atoms with Crippen LogP contribution in [0.4, 0.5) is 10.3 Å². The Balaban J connectivity index is 2.22. The first kappa shape index (κ1) is 14.5. The van der Waals surface area contributed by atoms with E-state index in [2.05, 4.69) is 47.8 Å². The lowest BCUT2D eigenvalue weighted by atomic mass is 10.1. The van der Waals surface area contributed by atoms with Crippen LogP contribution in [0.25, 0.3) is 11.0 Å². The lowest BCUT2D eigenvalue weighted by molar-refractivity contribution is 0.619. The monoisotopic (exact) mass is 367 g/mol. The van der Waals surface area contributed by atoms with Crippen LogP contribution < -0.4 is 5.73 Å². The Labute approximate surface area is 134 Å². The van der Waals surface area contributed by atoms with E-state index in [-0.39, 0.29) is 11.9 Å². The predicted molar refractivity (Wildman–Crippen MR) is 89.4 cm³/mol. The summed E-state index contributed by atoms with van der Waals surface area (Å²) < 4.78 is 16.1. The molecule has 21 heavy (non-hydrogen) atoms. The van der Waals surface area contributed by atoms with Gasteiger partial charge < -0.3 is 10.3 Å². The Kier molecular flexibility index (Phi) is 3.53. The maximum Gasteiger partial charge on any atom is 0.201 e. The van der Waals surface area contributed by atoms with Gasteiger partial charge in [-0.3, -0.25) is 0 Å². The van der Waals surface area contributed by atoms with E-state index in [9.17, 15) is 4.39 Å². The summed E-state index contributed by atoms with van der Waals surface area (Å²) in [6.07, 6.45) is 0. The zero-order valence-electron chi connectivity index (χ0n) is 11.9. The van der Waals surface area contributed by atoms with E-state index >= 15 is 0 Å². The smallest absolute Gasteiger partial charge is 0.201 e. The van der Waals surface area contributed by atoms with Crippen molar-refractivity contribution in [3.05, 3.63) is 43.8 Å². The number of aromatic nitrogens is 2. The first-order chi connectivity index (χ1) is 9.88. The topological polar surface area (TPSA) is 43.8 Å². The van der Waals surface area contributed by atoms with E-state index < -0.39 is 0 Å². The molecule has 1 aromatic carbocycles. The fourth-order valence-electron chi connectivity index (χ4n) is 2.72. The number of nitrogens with zero attached hydrogens (tertiary/aromatic N) is 2. The summed E-state index contributed by atoms with van der Waals surface area (Å²) in [5.41, 5.74) is 8.67. The molecule has 3 nitrogen and oxygen atoms in total. The number of benzene rings is 1. The third kappa shape index (κ3) is 2.36. The fourth-order valence-corrected chi connectivity index (χ4v) is 4.07. The van der Waals surface area contributed by atoms with Gasteiger partial charge in [-0.1, -0.05) is 0 Å². The number of hydrogen-bond acceptors (Lipinski definition) is 3. The first-order valence-electron chi connectivity index (χ1n) is 6.58. The number of rotatable bonds is 2. The molecular formula is C15H15BrFN3S. The van der Waals surface area contributed by atoms with Crippen LogP contribution >= 0.6 is 27.3 Å². The van der Waals surface area contributed by atoms with Crippen molar-refractivity contribution in [2.24, 2.45) is 0 Å². The molecular weight excluding hydrogens is 353 g/mol. The van der Waals surface area contributed by atoms with Crippen molar-refractivity contribution in [1.82, 2.24) is 9.55 Å². The second-order valence-corrected chi connectivity index (χ2v) is 7.45. The quantitative estimate of drug-likeness (QED) is 0.706. The number of nitrogens with two attached hydrogens (primary N) is 1. The van der Waals surface area contributed by atoms with E-state index in [1.54, 1.807) is 17.4 Å². The second kappa shape index (κ2) is 5.10. The molecule has 0 aliphatic heterocycles. The van der Waals surface area contributed by atoms with Crippen molar-refractivity contribution in [2.75, 3.05) is 5.73 Å². The molecule has 0 radical (unpaired) electrons. The van der Waals surface area contributed by atoms with Gasteiger partial charge in [0.05, 0.1) is 21.5 Å². The van der Waals surface area contributed by atoms with Gasteiger partial charge in [-0.25, -0.2) is 9.37 Å². The van der Waals surface area contributed by atoms with Crippen molar-refractivity contribution in [3.8, 4) is 0 Å². The van der Waals surface area contributed by atoms with Gasteiger partial charge in [0.15, 0.2) is 0 Å². The molecule has 1 unspecified atom stereocenters. The molecule has 2 N–H and O–H groups in total. The number of nitrogen functional groups attached to an aromatic ring is 1. The van der Waals surface area contributed by atoms with E-state index in [0.717, 1.165) is 0 Å². The Morgan fingerprint density at radius 2 is 2.05 bits per heavy atom. The fraction of sp³-hybridized carbons (Fsp3) is 0.267. The van der Waals surface area contributed by atoms with Crippen LogP contribution in [0.1, 0.15) is 28.3 Å². The SMILES string of the molecule is Cc1cc(C(C)n2c(N)nc3cc(Br)c(F)cc32)c(C)s1. The molecule has 6 heteroatoms. The van der Waals surface area contributed by atoms with Gasteiger partial charge in [-0.15, -0.1) is 11.3 Å². The Morgan fingerprint density at radius 3 is 2.67 bits per heavy atom. The van der Waals surface area contributed by atoms with E-state index in [1.165, 1.54) is 21.4 Å². The number of aryl methyl sites for hydroxylation is 2. The molecule has 110 valence electrons. The minimum atomic E-state index is -0.311. The second-order valence-electron chi connectivity index (χ2n) is 5.14. The summed E-state index contributed by atoms with van der Waals surface area (Å²) in [6, 6.07) is 5.31. The largest absolute Gasteiger partial charge is 0.369 e. The zero-order chi connectivity index (χ0) is 15.3. The molecule has 0 amide bonds. The van der Waals surface area contributed by atoms with Crippen LogP contribution in [0.15, 0.2) is 22.7 Å². The van der Waals surface area contributed by atoms with Gasteiger partial charge in [0.2, 0.25) is 5.95 Å². The average Bonchev–Trinajstić information content (AvgIpc) is 2.89. The predicted octanol–water partition coefficient (Wildman–Crippen LogP) is 4.81. The van der Waals surface area contributed by atoms with Crippen LogP contribution in [0.5, 0.6) is 0 Å². The lowest BCUT2D eigenvalue weighted by Gasteiger charge is -2.16. The summed E-state index contributed by atoms with van der Waals surface area (Å²) in [5, 5.41) is 0. The van der Waals surface area contributed by atoms with Crippen LogP contribution in [0.2, 0.25) is 0 Å². The summed E-state index contributed by atoms with van der Waals surface area (Å²) in [4.78, 5) is 6.85. The minimum absolute atomic E-state index is 0.0144. The summed E-state index contributed by atoms with van der Waals surface area (Å²) >= 11 is 4.94. The van der Waals surface area contributed by atoms with E-state index in [0.29, 0.717) is 21.5 Å². The van der Waals surface area contributed by atoms with Crippen molar-refractivity contribution >= 4 is 44.2 Å². The highest BCUT2D eigenvalue weighted by molar-refractivity contribution is 9.10. The molecule has 0 saturated heterocycles. The summed E-state index contributed by atoms with van der Waals surface area (Å²) in [5.74, 6) is 0.0901. The van der Waals surface area contributed by atoms with Gasteiger partial charge in [-0.2, -0.15) is 0 Å². The Bertz CT molecular complexity index is 837. The molecule has 2 aromatic heterocycles. The number of imidazole rings is 1. The third-order valence-electron chi connectivity index (χ3n) is 3.68. The van der Waals surface area contributed by atoms with E-state index in [4.69, 9.17) is 5.73 Å². The van der Waals surface area contributed by atoms with Gasteiger partial charge in [0.25, 0.3) is 0 Å². The van der Waals surface area contributed by atoms with E-state index in [1.807, 2.05) is 4.57 Å². The molecule has 0 aliphatic rings. The van der Waals surface area contributed by atoms with Crippen molar-refractivity contribution in [2.45, 2.75) is 26.8 Å². The standard InChI is InChI=1S/C15H15BrFN3S/c1-7-4-10(9(3)21-7)8(2)20-14-6-12(17)11(16)5-13(14)19-15(20)18/h4-6,8H,1-3H3,(H2,18,19). The molecule has 2 heterocycles. The van der Waals surface area contributed by atoms with Gasteiger partial charge in [0, 0.05) is 15.8 Å².